The molecule has 4 heteroatoms. The summed E-state index contributed by atoms with van der Waals surface area (Å²) in [6.45, 7) is 0.146. The van der Waals surface area contributed by atoms with Crippen molar-refractivity contribution < 1.29 is 9.52 Å². The Hall–Kier alpha value is -1.03. The van der Waals surface area contributed by atoms with Crippen LogP contribution in [-0.4, -0.2) is 11.7 Å². The van der Waals surface area contributed by atoms with E-state index in [1.165, 1.54) is 0 Å². The van der Waals surface area contributed by atoms with E-state index in [4.69, 9.17) is 21.8 Å². The third-order valence-electron chi connectivity index (χ3n) is 2.05. The fraction of sp³-hybridized carbons (Fsp3) is 0.200. The molecule has 0 spiro atoms. The van der Waals surface area contributed by atoms with Crippen molar-refractivity contribution in [2.24, 2.45) is 5.73 Å². The SMILES string of the molecule is NCC(O)c1cc2cc(Cl)ccc2o1. The second kappa shape index (κ2) is 3.61. The van der Waals surface area contributed by atoms with Gasteiger partial charge in [0.2, 0.25) is 0 Å². The van der Waals surface area contributed by atoms with Crippen LogP contribution in [0, 0.1) is 0 Å². The zero-order chi connectivity index (χ0) is 10.1. The van der Waals surface area contributed by atoms with Gasteiger partial charge in [0.15, 0.2) is 0 Å². The van der Waals surface area contributed by atoms with E-state index < -0.39 is 6.10 Å². The lowest BCUT2D eigenvalue weighted by atomic mass is 10.2. The van der Waals surface area contributed by atoms with E-state index >= 15 is 0 Å². The van der Waals surface area contributed by atoms with Crippen LogP contribution in [0.5, 0.6) is 0 Å². The van der Waals surface area contributed by atoms with Crippen molar-refractivity contribution in [3.05, 3.63) is 35.0 Å². The van der Waals surface area contributed by atoms with E-state index in [1.54, 1.807) is 24.3 Å². The zero-order valence-electron chi connectivity index (χ0n) is 7.40. The molecule has 74 valence electrons. The molecule has 14 heavy (non-hydrogen) atoms. The van der Waals surface area contributed by atoms with Gasteiger partial charge >= 0.3 is 0 Å². The summed E-state index contributed by atoms with van der Waals surface area (Å²) in [4.78, 5) is 0. The van der Waals surface area contributed by atoms with Crippen LogP contribution in [0.4, 0.5) is 0 Å². The Morgan fingerprint density at radius 1 is 1.43 bits per heavy atom. The number of hydrogen-bond acceptors (Lipinski definition) is 3. The summed E-state index contributed by atoms with van der Waals surface area (Å²) in [6, 6.07) is 7.04. The minimum atomic E-state index is -0.749. The topological polar surface area (TPSA) is 59.4 Å². The van der Waals surface area contributed by atoms with Crippen molar-refractivity contribution in [3.8, 4) is 0 Å². The third-order valence-corrected chi connectivity index (χ3v) is 2.28. The van der Waals surface area contributed by atoms with Crippen LogP contribution < -0.4 is 5.73 Å². The first-order chi connectivity index (χ1) is 6.70. The molecule has 1 aromatic carbocycles. The fourth-order valence-corrected chi connectivity index (χ4v) is 1.50. The number of rotatable bonds is 2. The largest absolute Gasteiger partial charge is 0.458 e. The molecule has 1 aromatic heterocycles. The molecule has 2 aromatic rings. The van der Waals surface area contributed by atoms with E-state index in [0.29, 0.717) is 16.4 Å². The van der Waals surface area contributed by atoms with Crippen LogP contribution in [0.1, 0.15) is 11.9 Å². The number of hydrogen-bond donors (Lipinski definition) is 2. The van der Waals surface area contributed by atoms with E-state index in [1.807, 2.05) is 0 Å². The van der Waals surface area contributed by atoms with Crippen molar-refractivity contribution >= 4 is 22.6 Å². The Bertz CT molecular complexity index is 452. The molecule has 0 aliphatic rings. The summed E-state index contributed by atoms with van der Waals surface area (Å²) in [5, 5.41) is 11.0. The van der Waals surface area contributed by atoms with Crippen LogP contribution >= 0.6 is 11.6 Å². The molecule has 0 aliphatic carbocycles. The highest BCUT2D eigenvalue weighted by Crippen LogP contribution is 2.25. The summed E-state index contributed by atoms with van der Waals surface area (Å²) in [5.41, 5.74) is 6.03. The van der Waals surface area contributed by atoms with Gasteiger partial charge in [0.05, 0.1) is 0 Å². The zero-order valence-corrected chi connectivity index (χ0v) is 8.16. The highest BCUT2D eigenvalue weighted by molar-refractivity contribution is 6.31. The van der Waals surface area contributed by atoms with Crippen LogP contribution in [0.15, 0.2) is 28.7 Å². The van der Waals surface area contributed by atoms with Crippen molar-refractivity contribution in [3.63, 3.8) is 0 Å². The minimum Gasteiger partial charge on any atom is -0.458 e. The number of benzene rings is 1. The molecule has 0 aliphatic heterocycles. The molecule has 0 fully saturated rings. The first-order valence-electron chi connectivity index (χ1n) is 4.28. The summed E-state index contributed by atoms with van der Waals surface area (Å²) in [5.74, 6) is 0.477. The summed E-state index contributed by atoms with van der Waals surface area (Å²) >= 11 is 5.81. The summed E-state index contributed by atoms with van der Waals surface area (Å²) in [6.07, 6.45) is -0.749. The third kappa shape index (κ3) is 1.62. The number of furan rings is 1. The maximum atomic E-state index is 9.45. The van der Waals surface area contributed by atoms with Crippen LogP contribution in [0.25, 0.3) is 11.0 Å². The molecule has 1 heterocycles. The highest BCUT2D eigenvalue weighted by atomic mass is 35.5. The van der Waals surface area contributed by atoms with Crippen molar-refractivity contribution in [1.29, 1.82) is 0 Å². The summed E-state index contributed by atoms with van der Waals surface area (Å²) < 4.78 is 5.39. The highest BCUT2D eigenvalue weighted by Gasteiger charge is 2.11. The quantitative estimate of drug-likeness (QED) is 0.800. The van der Waals surface area contributed by atoms with Gasteiger partial charge in [-0.15, -0.1) is 0 Å². The normalized spacial score (nSPS) is 13.4. The first-order valence-corrected chi connectivity index (χ1v) is 4.65. The van der Waals surface area contributed by atoms with Gasteiger partial charge < -0.3 is 15.3 Å². The Balaban J connectivity index is 2.51. The molecule has 1 unspecified atom stereocenters. The Morgan fingerprint density at radius 2 is 2.21 bits per heavy atom. The van der Waals surface area contributed by atoms with Crippen LogP contribution in [0.3, 0.4) is 0 Å². The predicted octanol–water partition coefficient (Wildman–Crippen LogP) is 2.08. The van der Waals surface area contributed by atoms with Gasteiger partial charge in [-0.2, -0.15) is 0 Å². The van der Waals surface area contributed by atoms with Crippen molar-refractivity contribution in [2.75, 3.05) is 6.54 Å². The van der Waals surface area contributed by atoms with Crippen LogP contribution in [0.2, 0.25) is 5.02 Å². The second-order valence-corrected chi connectivity index (χ2v) is 3.52. The number of aliphatic hydroxyl groups is 1. The molecule has 0 bridgehead atoms. The van der Waals surface area contributed by atoms with Gasteiger partial charge in [-0.05, 0) is 24.3 Å². The average Bonchev–Trinajstić information content (AvgIpc) is 2.59. The first kappa shape index (κ1) is 9.52. The van der Waals surface area contributed by atoms with E-state index in [9.17, 15) is 5.11 Å². The molecule has 3 N–H and O–H groups in total. The van der Waals surface area contributed by atoms with E-state index in [2.05, 4.69) is 0 Å². The molecule has 1 atom stereocenters. The molecule has 3 nitrogen and oxygen atoms in total. The van der Waals surface area contributed by atoms with Gasteiger partial charge in [-0.25, -0.2) is 0 Å². The van der Waals surface area contributed by atoms with Gasteiger partial charge in [-0.1, -0.05) is 11.6 Å². The van der Waals surface area contributed by atoms with Gasteiger partial charge in [0.25, 0.3) is 0 Å². The lowest BCUT2D eigenvalue weighted by Gasteiger charge is -2.00. The molecule has 0 radical (unpaired) electrons. The fourth-order valence-electron chi connectivity index (χ4n) is 1.32. The second-order valence-electron chi connectivity index (χ2n) is 3.08. The number of nitrogens with two attached hydrogens (primary N) is 1. The van der Waals surface area contributed by atoms with E-state index in [0.717, 1.165) is 5.39 Å². The smallest absolute Gasteiger partial charge is 0.135 e. The van der Waals surface area contributed by atoms with Crippen molar-refractivity contribution in [2.45, 2.75) is 6.10 Å². The van der Waals surface area contributed by atoms with Gasteiger partial charge in [0, 0.05) is 17.0 Å². The molecule has 0 amide bonds. The molecular formula is C10H10ClNO2. The molecule has 0 saturated heterocycles. The Kier molecular flexibility index (Phi) is 2.46. The maximum Gasteiger partial charge on any atom is 0.135 e. The molecule has 2 rings (SSSR count). The monoisotopic (exact) mass is 211 g/mol. The molecular weight excluding hydrogens is 202 g/mol. The minimum absolute atomic E-state index is 0.146. The standard InChI is InChI=1S/C10H10ClNO2/c11-7-1-2-9-6(3-7)4-10(14-9)8(13)5-12/h1-4,8,13H,5,12H2. The number of aliphatic hydroxyl groups excluding tert-OH is 1. The number of halogens is 1. The summed E-state index contributed by atoms with van der Waals surface area (Å²) in [7, 11) is 0. The predicted molar refractivity (Wildman–Crippen MR) is 55.2 cm³/mol. The van der Waals surface area contributed by atoms with Crippen LogP contribution in [-0.2, 0) is 0 Å². The average molecular weight is 212 g/mol. The number of fused-ring (bicyclic) bond motifs is 1. The maximum absolute atomic E-state index is 9.45. The lowest BCUT2D eigenvalue weighted by molar-refractivity contribution is 0.160. The van der Waals surface area contributed by atoms with Gasteiger partial charge in [0.1, 0.15) is 17.4 Å². The van der Waals surface area contributed by atoms with E-state index in [-0.39, 0.29) is 6.54 Å². The van der Waals surface area contributed by atoms with Gasteiger partial charge in [-0.3, -0.25) is 0 Å². The Morgan fingerprint density at radius 3 is 2.93 bits per heavy atom. The molecule has 0 saturated carbocycles. The Labute approximate surface area is 86.1 Å². The lowest BCUT2D eigenvalue weighted by Crippen LogP contribution is -2.10. The van der Waals surface area contributed by atoms with Crippen molar-refractivity contribution in [1.82, 2.24) is 0 Å².